The van der Waals surface area contributed by atoms with E-state index in [9.17, 15) is 8.78 Å². The first kappa shape index (κ1) is 21.9. The molecule has 2 rings (SSSR count). The number of ether oxygens (including phenoxy) is 3. The van der Waals surface area contributed by atoms with Crippen LogP contribution in [-0.4, -0.2) is 44.5 Å². The van der Waals surface area contributed by atoms with Gasteiger partial charge in [0.1, 0.15) is 5.75 Å². The summed E-state index contributed by atoms with van der Waals surface area (Å²) in [6, 6.07) is 3.04. The summed E-state index contributed by atoms with van der Waals surface area (Å²) >= 11 is 1.74. The van der Waals surface area contributed by atoms with Gasteiger partial charge in [0.05, 0.1) is 0 Å². The molecule has 0 spiro atoms. The molecule has 1 aromatic carbocycles. The Morgan fingerprint density at radius 3 is 2.60 bits per heavy atom. The van der Waals surface area contributed by atoms with E-state index in [1.807, 2.05) is 6.26 Å². The second-order valence-corrected chi connectivity index (χ2v) is 6.32. The van der Waals surface area contributed by atoms with Crippen molar-refractivity contribution in [3.63, 3.8) is 0 Å². The fourth-order valence-electron chi connectivity index (χ4n) is 2.03. The van der Waals surface area contributed by atoms with Crippen molar-refractivity contribution in [1.29, 1.82) is 0 Å². The fraction of sp³-hybridized carbons (Fsp3) is 0.533. The zero-order chi connectivity index (χ0) is 17.5. The van der Waals surface area contributed by atoms with Crippen LogP contribution in [0.1, 0.15) is 12.5 Å². The van der Waals surface area contributed by atoms with Crippen molar-refractivity contribution in [3.8, 4) is 17.2 Å². The molecule has 25 heavy (non-hydrogen) atoms. The van der Waals surface area contributed by atoms with E-state index in [0.29, 0.717) is 28.3 Å². The summed E-state index contributed by atoms with van der Waals surface area (Å²) in [5.74, 6) is 1.53. The monoisotopic (exact) mass is 489 g/mol. The molecule has 0 amide bonds. The molecule has 0 aliphatic carbocycles. The number of rotatable bonds is 7. The predicted octanol–water partition coefficient (Wildman–Crippen LogP) is 3.05. The van der Waals surface area contributed by atoms with Gasteiger partial charge in [0.2, 0.25) is 6.79 Å². The number of hydrogen-bond donors (Lipinski definition) is 2. The molecule has 0 radical (unpaired) electrons. The Balaban J connectivity index is 0.00000312. The molecule has 142 valence electrons. The molecule has 1 aliphatic rings. The smallest absolute Gasteiger partial charge is 0.387 e. The Bertz CT molecular complexity index is 593. The van der Waals surface area contributed by atoms with Crippen LogP contribution in [0.3, 0.4) is 0 Å². The maximum atomic E-state index is 12.6. The van der Waals surface area contributed by atoms with Crippen molar-refractivity contribution in [1.82, 2.24) is 10.6 Å². The first-order valence-electron chi connectivity index (χ1n) is 7.38. The van der Waals surface area contributed by atoms with Gasteiger partial charge in [-0.25, -0.2) is 0 Å². The number of alkyl halides is 2. The van der Waals surface area contributed by atoms with Gasteiger partial charge < -0.3 is 24.8 Å². The second kappa shape index (κ2) is 10.7. The van der Waals surface area contributed by atoms with Crippen LogP contribution in [0.15, 0.2) is 17.1 Å². The van der Waals surface area contributed by atoms with Crippen LogP contribution < -0.4 is 24.8 Å². The SMILES string of the molecule is CN=C(NCc1cc2c(cc1OC(F)F)OCO2)NCC(C)SC.I. The van der Waals surface area contributed by atoms with Crippen LogP contribution in [0.25, 0.3) is 0 Å². The lowest BCUT2D eigenvalue weighted by atomic mass is 10.1. The van der Waals surface area contributed by atoms with Gasteiger partial charge in [-0.2, -0.15) is 20.5 Å². The lowest BCUT2D eigenvalue weighted by Gasteiger charge is -2.16. The number of aliphatic imine (C=N–C) groups is 1. The number of fused-ring (bicyclic) bond motifs is 1. The van der Waals surface area contributed by atoms with Gasteiger partial charge in [0.25, 0.3) is 0 Å². The number of nitrogens with one attached hydrogen (secondary N) is 2. The Labute approximate surface area is 167 Å². The van der Waals surface area contributed by atoms with E-state index in [0.717, 1.165) is 6.54 Å². The Kier molecular flexibility index (Phi) is 9.39. The average molecular weight is 489 g/mol. The third-order valence-electron chi connectivity index (χ3n) is 3.40. The van der Waals surface area contributed by atoms with E-state index in [2.05, 4.69) is 27.3 Å². The normalized spacial score (nSPS) is 14.1. The van der Waals surface area contributed by atoms with Crippen molar-refractivity contribution in [3.05, 3.63) is 17.7 Å². The standard InChI is InChI=1S/C15H21F2N3O3S.HI/c1-9(24-3)6-19-15(18-2)20-7-10-4-12-13(22-8-21-12)5-11(10)23-14(16)17;/h4-5,9,14H,6-8H2,1-3H3,(H2,18,19,20);1H. The highest BCUT2D eigenvalue weighted by molar-refractivity contribution is 14.0. The van der Waals surface area contributed by atoms with Crippen molar-refractivity contribution in [2.24, 2.45) is 4.99 Å². The topological polar surface area (TPSA) is 64.1 Å². The third kappa shape index (κ3) is 6.57. The Morgan fingerprint density at radius 1 is 1.32 bits per heavy atom. The molecule has 6 nitrogen and oxygen atoms in total. The predicted molar refractivity (Wildman–Crippen MR) is 106 cm³/mol. The number of benzene rings is 1. The van der Waals surface area contributed by atoms with Crippen molar-refractivity contribution in [2.75, 3.05) is 26.6 Å². The Hall–Kier alpha value is -1.17. The largest absolute Gasteiger partial charge is 0.454 e. The molecule has 10 heteroatoms. The van der Waals surface area contributed by atoms with Gasteiger partial charge in [0, 0.05) is 37.0 Å². The zero-order valence-electron chi connectivity index (χ0n) is 14.2. The molecule has 1 aliphatic heterocycles. The molecular formula is C15H22F2IN3O3S. The summed E-state index contributed by atoms with van der Waals surface area (Å²) < 4.78 is 40.3. The van der Waals surface area contributed by atoms with E-state index in [-0.39, 0.29) is 43.1 Å². The minimum Gasteiger partial charge on any atom is -0.454 e. The van der Waals surface area contributed by atoms with Crippen molar-refractivity contribution < 1.29 is 23.0 Å². The first-order chi connectivity index (χ1) is 11.5. The van der Waals surface area contributed by atoms with E-state index in [4.69, 9.17) is 9.47 Å². The van der Waals surface area contributed by atoms with E-state index in [1.165, 1.54) is 6.07 Å². The minimum atomic E-state index is -2.91. The molecule has 0 bridgehead atoms. The number of guanidine groups is 1. The quantitative estimate of drug-likeness (QED) is 0.349. The van der Waals surface area contributed by atoms with Gasteiger partial charge in [-0.3, -0.25) is 4.99 Å². The summed E-state index contributed by atoms with van der Waals surface area (Å²) in [4.78, 5) is 4.11. The molecule has 0 fully saturated rings. The van der Waals surface area contributed by atoms with E-state index >= 15 is 0 Å². The van der Waals surface area contributed by atoms with Crippen LogP contribution in [-0.2, 0) is 6.54 Å². The third-order valence-corrected chi connectivity index (χ3v) is 4.37. The van der Waals surface area contributed by atoms with Crippen LogP contribution in [0, 0.1) is 0 Å². The minimum absolute atomic E-state index is 0. The van der Waals surface area contributed by atoms with Crippen LogP contribution in [0.2, 0.25) is 0 Å². The lowest BCUT2D eigenvalue weighted by molar-refractivity contribution is -0.0505. The maximum Gasteiger partial charge on any atom is 0.387 e. The van der Waals surface area contributed by atoms with Gasteiger partial charge in [-0.05, 0) is 12.3 Å². The number of nitrogens with zero attached hydrogens (tertiary/aromatic N) is 1. The van der Waals surface area contributed by atoms with Gasteiger partial charge in [-0.15, -0.1) is 24.0 Å². The van der Waals surface area contributed by atoms with E-state index < -0.39 is 6.61 Å². The molecule has 1 aromatic rings. The van der Waals surface area contributed by atoms with Crippen molar-refractivity contribution >= 4 is 41.7 Å². The molecular weight excluding hydrogens is 467 g/mol. The number of thioether (sulfide) groups is 1. The summed E-state index contributed by atoms with van der Waals surface area (Å²) in [5, 5.41) is 6.68. The van der Waals surface area contributed by atoms with Gasteiger partial charge in [-0.1, -0.05) is 6.92 Å². The maximum absolute atomic E-state index is 12.6. The molecule has 0 aromatic heterocycles. The number of halogens is 3. The fourth-order valence-corrected chi connectivity index (χ4v) is 2.28. The molecule has 1 atom stereocenters. The van der Waals surface area contributed by atoms with E-state index in [1.54, 1.807) is 24.9 Å². The molecule has 1 unspecified atom stereocenters. The highest BCUT2D eigenvalue weighted by atomic mass is 127. The molecule has 1 heterocycles. The highest BCUT2D eigenvalue weighted by Gasteiger charge is 2.20. The summed E-state index contributed by atoms with van der Waals surface area (Å²) in [5.41, 5.74) is 0.528. The number of hydrogen-bond acceptors (Lipinski definition) is 5. The van der Waals surface area contributed by atoms with Gasteiger partial charge >= 0.3 is 6.61 Å². The van der Waals surface area contributed by atoms with Crippen molar-refractivity contribution in [2.45, 2.75) is 25.3 Å². The van der Waals surface area contributed by atoms with Gasteiger partial charge in [0.15, 0.2) is 17.5 Å². The molecule has 0 saturated heterocycles. The molecule has 2 N–H and O–H groups in total. The summed E-state index contributed by atoms with van der Waals surface area (Å²) in [6.45, 7) is 0.242. The average Bonchev–Trinajstić information content (AvgIpc) is 3.01. The molecule has 0 saturated carbocycles. The highest BCUT2D eigenvalue weighted by Crippen LogP contribution is 2.38. The lowest BCUT2D eigenvalue weighted by Crippen LogP contribution is -2.39. The Morgan fingerprint density at radius 2 is 2.00 bits per heavy atom. The van der Waals surface area contributed by atoms with Crippen LogP contribution in [0.5, 0.6) is 17.2 Å². The van der Waals surface area contributed by atoms with Crippen LogP contribution >= 0.6 is 35.7 Å². The second-order valence-electron chi connectivity index (χ2n) is 5.04. The summed E-state index contributed by atoms with van der Waals surface area (Å²) in [6.07, 6.45) is 2.03. The van der Waals surface area contributed by atoms with Crippen LogP contribution in [0.4, 0.5) is 8.78 Å². The first-order valence-corrected chi connectivity index (χ1v) is 8.67. The zero-order valence-corrected chi connectivity index (χ0v) is 17.3. The summed E-state index contributed by atoms with van der Waals surface area (Å²) in [7, 11) is 1.65.